The zero-order chi connectivity index (χ0) is 25.9. The number of hydrogen-bond acceptors (Lipinski definition) is 12. The van der Waals surface area contributed by atoms with Crippen LogP contribution in [-0.2, 0) is 24.0 Å². The van der Waals surface area contributed by atoms with Gasteiger partial charge in [-0.2, -0.15) is 5.21 Å². The minimum atomic E-state index is -1.25. The molecule has 2 aliphatic rings. The molecule has 4 heterocycles. The van der Waals surface area contributed by atoms with Crippen LogP contribution in [0.2, 0.25) is 0 Å². The minimum Gasteiger partial charge on any atom is -0.481 e. The number of aliphatic carboxylic acids is 1. The quantitative estimate of drug-likeness (QED) is 0.0967. The zero-order valence-corrected chi connectivity index (χ0v) is 20.6. The van der Waals surface area contributed by atoms with E-state index in [0.717, 1.165) is 11.8 Å². The van der Waals surface area contributed by atoms with Gasteiger partial charge >= 0.3 is 5.97 Å². The number of carbonyl (C=O) groups is 4. The van der Waals surface area contributed by atoms with Crippen molar-refractivity contribution in [3.05, 3.63) is 23.9 Å². The number of aromatic nitrogens is 5. The Morgan fingerprint density at radius 2 is 2.28 bits per heavy atom. The van der Waals surface area contributed by atoms with Gasteiger partial charge in [-0.3, -0.25) is 19.2 Å². The van der Waals surface area contributed by atoms with Gasteiger partial charge in [0.05, 0.1) is 0 Å². The van der Waals surface area contributed by atoms with Crippen LogP contribution in [0.4, 0.5) is 5.82 Å². The third-order valence-corrected chi connectivity index (χ3v) is 8.58. The van der Waals surface area contributed by atoms with Gasteiger partial charge in [0.2, 0.25) is 17.5 Å². The molecule has 0 spiro atoms. The van der Waals surface area contributed by atoms with E-state index >= 15 is 0 Å². The molecule has 17 heteroatoms. The highest BCUT2D eigenvalue weighted by molar-refractivity contribution is 8.01. The van der Waals surface area contributed by atoms with Crippen LogP contribution in [-0.4, -0.2) is 102 Å². The predicted molar refractivity (Wildman–Crippen MR) is 127 cm³/mol. The van der Waals surface area contributed by atoms with Gasteiger partial charge in [0.25, 0.3) is 5.91 Å². The Kier molecular flexibility index (Phi) is 7.39. The van der Waals surface area contributed by atoms with Crippen molar-refractivity contribution in [1.29, 1.82) is 0 Å². The lowest BCUT2D eigenvalue weighted by Crippen LogP contribution is -2.74. The van der Waals surface area contributed by atoms with Crippen molar-refractivity contribution in [2.45, 2.75) is 28.7 Å². The second-order valence-electron chi connectivity index (χ2n) is 7.85. The second-order valence-corrected chi connectivity index (χ2v) is 10.3. The number of nitrogens with zero attached hydrogens (tertiary/aromatic N) is 6. The molecule has 4 atom stereocenters. The first kappa shape index (κ1) is 25.4. The van der Waals surface area contributed by atoms with E-state index in [4.69, 9.17) is 4.84 Å². The number of rotatable bonds is 10. The van der Waals surface area contributed by atoms with E-state index in [2.05, 4.69) is 41.4 Å². The molecule has 0 radical (unpaired) electrons. The summed E-state index contributed by atoms with van der Waals surface area (Å²) in [6.07, 6.45) is 1.80. The van der Waals surface area contributed by atoms with E-state index in [1.54, 1.807) is 6.92 Å². The molecule has 0 aromatic carbocycles. The van der Waals surface area contributed by atoms with Crippen LogP contribution < -0.4 is 10.6 Å². The van der Waals surface area contributed by atoms with Crippen molar-refractivity contribution in [2.75, 3.05) is 24.7 Å². The van der Waals surface area contributed by atoms with Gasteiger partial charge in [-0.1, -0.05) is 23.8 Å². The summed E-state index contributed by atoms with van der Waals surface area (Å²) >= 11 is 2.44. The molecule has 2 aromatic heterocycles. The molecular weight excluding hydrogens is 514 g/mol. The van der Waals surface area contributed by atoms with Crippen LogP contribution in [0.3, 0.4) is 0 Å². The molecule has 36 heavy (non-hydrogen) atoms. The van der Waals surface area contributed by atoms with Gasteiger partial charge in [0.1, 0.15) is 29.8 Å². The van der Waals surface area contributed by atoms with E-state index in [1.165, 1.54) is 42.1 Å². The number of H-pyrrole nitrogens is 1. The van der Waals surface area contributed by atoms with E-state index in [0.29, 0.717) is 17.1 Å². The van der Waals surface area contributed by atoms with Crippen LogP contribution in [0.5, 0.6) is 0 Å². The van der Waals surface area contributed by atoms with Gasteiger partial charge < -0.3 is 25.5 Å². The monoisotopic (exact) mass is 535 g/mol. The molecule has 2 fully saturated rings. The molecule has 3 amide bonds. The van der Waals surface area contributed by atoms with Crippen LogP contribution in [0, 0.1) is 5.41 Å². The molecule has 0 aliphatic carbocycles. The Morgan fingerprint density at radius 1 is 1.47 bits per heavy atom. The minimum absolute atomic E-state index is 0.0225. The fourth-order valence-electron chi connectivity index (χ4n) is 3.82. The molecule has 2 aliphatic heterocycles. The fraction of sp³-hybridized carbons (Fsp3) is 0.421. The molecule has 3 unspecified atom stereocenters. The number of fused-ring (bicyclic) bond motifs is 1. The van der Waals surface area contributed by atoms with E-state index in [-0.39, 0.29) is 23.8 Å². The molecule has 190 valence electrons. The molecule has 0 saturated carbocycles. The van der Waals surface area contributed by atoms with Crippen LogP contribution in [0.25, 0.3) is 0 Å². The summed E-state index contributed by atoms with van der Waals surface area (Å²) in [4.78, 5) is 59.0. The van der Waals surface area contributed by atoms with Crippen LogP contribution in [0.1, 0.15) is 12.5 Å². The number of tetrazole rings is 1. The number of carbonyl (C=O) groups excluding carboxylic acids is 3. The van der Waals surface area contributed by atoms with Crippen molar-refractivity contribution in [3.63, 3.8) is 0 Å². The number of nitrogens with one attached hydrogen (secondary N) is 3. The number of amides is 3. The van der Waals surface area contributed by atoms with E-state index in [1.807, 2.05) is 0 Å². The number of β-lactam (4-membered cyclic amide) rings is 1. The van der Waals surface area contributed by atoms with Crippen molar-refractivity contribution < 1.29 is 29.1 Å². The summed E-state index contributed by atoms with van der Waals surface area (Å²) in [5.74, 6) is -1.61. The van der Waals surface area contributed by atoms with Crippen molar-refractivity contribution in [1.82, 2.24) is 35.8 Å². The lowest BCUT2D eigenvalue weighted by Gasteiger charge is -2.54. The molecule has 4 N–H and O–H groups in total. The molecule has 0 bridgehead atoms. The second kappa shape index (κ2) is 10.5. The molecule has 2 saturated heterocycles. The number of pyridine rings is 1. The Labute approximate surface area is 212 Å². The van der Waals surface area contributed by atoms with Gasteiger partial charge in [0.15, 0.2) is 5.71 Å². The molecular formula is C19H21N9O6S2. The number of anilines is 1. The molecule has 2 aromatic rings. The average molecular weight is 536 g/mol. The first-order valence-corrected chi connectivity index (χ1v) is 12.4. The normalized spacial score (nSPS) is 24.2. The van der Waals surface area contributed by atoms with Gasteiger partial charge in [-0.05, 0) is 17.3 Å². The average Bonchev–Trinajstić information content (AvgIpc) is 3.38. The third-order valence-electron chi connectivity index (χ3n) is 5.85. The molecule has 15 nitrogen and oxygen atoms in total. The number of aromatic amines is 1. The maximum Gasteiger partial charge on any atom is 0.313 e. The summed E-state index contributed by atoms with van der Waals surface area (Å²) in [7, 11) is 1.27. The fourth-order valence-corrected chi connectivity index (χ4v) is 6.58. The number of carboxylic acids is 1. The Bertz CT molecular complexity index is 1180. The Balaban J connectivity index is 1.45. The highest BCUT2D eigenvalue weighted by Gasteiger charge is 2.59. The summed E-state index contributed by atoms with van der Waals surface area (Å²) in [6, 6.07) is 2.14. The summed E-state index contributed by atoms with van der Waals surface area (Å²) in [5, 5.41) is 31.8. The van der Waals surface area contributed by atoms with Gasteiger partial charge in [0, 0.05) is 29.3 Å². The lowest BCUT2D eigenvalue weighted by atomic mass is 9.84. The van der Waals surface area contributed by atoms with Gasteiger partial charge in [-0.15, -0.1) is 22.0 Å². The molecule has 4 rings (SSSR count). The topological polar surface area (TPSA) is 205 Å². The van der Waals surface area contributed by atoms with Crippen molar-refractivity contribution in [3.8, 4) is 0 Å². The maximum absolute atomic E-state index is 13.0. The summed E-state index contributed by atoms with van der Waals surface area (Å²) in [6.45, 7) is 1.72. The van der Waals surface area contributed by atoms with E-state index < -0.39 is 39.9 Å². The smallest absolute Gasteiger partial charge is 0.313 e. The van der Waals surface area contributed by atoms with Gasteiger partial charge in [-0.25, -0.2) is 4.98 Å². The number of hydrogen-bond donors (Lipinski definition) is 4. The summed E-state index contributed by atoms with van der Waals surface area (Å²) in [5.41, 5.74) is -1.05. The largest absolute Gasteiger partial charge is 0.481 e. The predicted octanol–water partition coefficient (Wildman–Crippen LogP) is -0.835. The van der Waals surface area contributed by atoms with Crippen LogP contribution in [0.15, 0.2) is 28.6 Å². The van der Waals surface area contributed by atoms with E-state index in [9.17, 15) is 24.3 Å². The maximum atomic E-state index is 13.0. The first-order valence-electron chi connectivity index (χ1n) is 10.4. The summed E-state index contributed by atoms with van der Waals surface area (Å²) < 4.78 is 0. The third kappa shape index (κ3) is 4.70. The first-order chi connectivity index (χ1) is 17.3. The Hall–Kier alpha value is -3.73. The number of oxime groups is 1. The number of thioether (sulfide) groups is 2. The highest BCUT2D eigenvalue weighted by atomic mass is 32.2. The van der Waals surface area contributed by atoms with Crippen molar-refractivity contribution >= 4 is 59.2 Å². The van der Waals surface area contributed by atoms with Crippen LogP contribution >= 0.6 is 23.5 Å². The SMILES string of the molecule is CON=C(C(=O)NC1C(=O)N2CC(C(=O)O)(C(C)Sc3nn[nH]n3)CS[C@H]12)c1ccc(NC=O)nc1. The zero-order valence-electron chi connectivity index (χ0n) is 18.9. The van der Waals surface area contributed by atoms with Crippen molar-refractivity contribution in [2.24, 2.45) is 10.6 Å². The number of carboxylic acid groups (broad SMARTS) is 1. The lowest BCUT2D eigenvalue weighted by molar-refractivity contribution is -0.158. The highest BCUT2D eigenvalue weighted by Crippen LogP contribution is 2.47. The standard InChI is InChI=1S/C19H21N9O6S2/c1-9(36-18-23-26-27-24-18)19(17(32)33)6-28-15(31)13(16(28)35-7-19)22-14(30)12(25-34-2)10-3-4-11(20-5-10)21-8-29/h3-5,8-9,13,16H,6-7H2,1-2H3,(H,22,30)(H,32,33)(H,20,21,29)(H,23,24,26,27)/t9?,13?,16-,19?/m1/s1. The Morgan fingerprint density at radius 3 is 2.89 bits per heavy atom.